The van der Waals surface area contributed by atoms with E-state index in [2.05, 4.69) is 45.1 Å². The molecule has 0 spiro atoms. The van der Waals surface area contributed by atoms with Crippen molar-refractivity contribution in [2.45, 2.75) is 32.5 Å². The lowest BCUT2D eigenvalue weighted by atomic mass is 9.96. The molecule has 132 valence electrons. The van der Waals surface area contributed by atoms with Gasteiger partial charge in [-0.1, -0.05) is 12.1 Å². The Morgan fingerprint density at radius 2 is 1.85 bits per heavy atom. The van der Waals surface area contributed by atoms with Crippen molar-refractivity contribution >= 4 is 17.3 Å². The third-order valence-electron chi connectivity index (χ3n) is 4.76. The number of rotatable bonds is 4. The third-order valence-corrected chi connectivity index (χ3v) is 5.12. The predicted molar refractivity (Wildman–Crippen MR) is 105 cm³/mol. The largest absolute Gasteiger partial charge is 0.362 e. The molecule has 0 amide bonds. The summed E-state index contributed by atoms with van der Waals surface area (Å²) < 4.78 is 0. The summed E-state index contributed by atoms with van der Waals surface area (Å²) in [7, 11) is 0. The van der Waals surface area contributed by atoms with Crippen LogP contribution < -0.4 is 5.32 Å². The maximum absolute atomic E-state index is 5.69. The molecule has 26 heavy (non-hydrogen) atoms. The van der Waals surface area contributed by atoms with E-state index in [0.717, 1.165) is 27.9 Å². The van der Waals surface area contributed by atoms with E-state index >= 15 is 0 Å². The second kappa shape index (κ2) is 6.88. The molecule has 0 aliphatic carbocycles. The number of nitrogens with zero attached hydrogens (tertiary/aromatic N) is 3. The van der Waals surface area contributed by atoms with Gasteiger partial charge in [0.2, 0.25) is 0 Å². The van der Waals surface area contributed by atoms with Crippen molar-refractivity contribution in [1.29, 1.82) is 0 Å². The highest BCUT2D eigenvalue weighted by Gasteiger charge is 2.40. The average molecular weight is 363 g/mol. The Balaban J connectivity index is 1.76. The topological polar surface area (TPSA) is 56.8 Å². The van der Waals surface area contributed by atoms with Gasteiger partial charge in [0.05, 0.1) is 30.0 Å². The summed E-state index contributed by atoms with van der Waals surface area (Å²) >= 11 is 5.69. The standard InChI is InChI=1S/C20H21N5S/c1-13-11-16(14(2)23-13)19-18(17-8-4-6-10-22-17)24-20(26)25(19)12-15-7-3-5-9-21-15/h3-11,18-19,23H,12H2,1-2H3,(H,24,26). The number of pyridine rings is 2. The maximum Gasteiger partial charge on any atom is 0.170 e. The zero-order valence-corrected chi connectivity index (χ0v) is 15.6. The molecule has 4 heterocycles. The molecule has 0 bridgehead atoms. The first-order chi connectivity index (χ1) is 12.6. The average Bonchev–Trinajstić information content (AvgIpc) is 3.15. The Morgan fingerprint density at radius 1 is 1.08 bits per heavy atom. The third kappa shape index (κ3) is 3.08. The van der Waals surface area contributed by atoms with Crippen LogP contribution >= 0.6 is 12.2 Å². The second-order valence-electron chi connectivity index (χ2n) is 6.61. The van der Waals surface area contributed by atoms with Gasteiger partial charge in [0.15, 0.2) is 5.11 Å². The number of hydrogen-bond donors (Lipinski definition) is 2. The highest BCUT2D eigenvalue weighted by atomic mass is 32.1. The van der Waals surface area contributed by atoms with Crippen LogP contribution in [0.4, 0.5) is 0 Å². The Morgan fingerprint density at radius 3 is 2.46 bits per heavy atom. The molecule has 3 aromatic heterocycles. The summed E-state index contributed by atoms with van der Waals surface area (Å²) in [6.07, 6.45) is 3.65. The van der Waals surface area contributed by atoms with Crippen LogP contribution in [0.15, 0.2) is 54.9 Å². The van der Waals surface area contributed by atoms with Crippen LogP contribution in [0.5, 0.6) is 0 Å². The molecule has 0 aromatic carbocycles. The second-order valence-corrected chi connectivity index (χ2v) is 6.99. The van der Waals surface area contributed by atoms with E-state index in [1.165, 1.54) is 5.56 Å². The SMILES string of the molecule is Cc1cc(C2C(c3ccccn3)NC(=S)N2Cc2ccccn2)c(C)[nH]1. The Kier molecular flexibility index (Phi) is 4.42. The van der Waals surface area contributed by atoms with E-state index < -0.39 is 0 Å². The first-order valence-corrected chi connectivity index (χ1v) is 9.08. The highest BCUT2D eigenvalue weighted by Crippen LogP contribution is 2.40. The number of aromatic amines is 1. The van der Waals surface area contributed by atoms with Gasteiger partial charge in [-0.05, 0) is 62.0 Å². The monoisotopic (exact) mass is 363 g/mol. The fourth-order valence-electron chi connectivity index (χ4n) is 3.63. The summed E-state index contributed by atoms with van der Waals surface area (Å²) in [6, 6.07) is 14.2. The van der Waals surface area contributed by atoms with Crippen LogP contribution in [-0.2, 0) is 6.54 Å². The fraction of sp³-hybridized carbons (Fsp3) is 0.250. The Hall–Kier alpha value is -2.73. The van der Waals surface area contributed by atoms with Crippen LogP contribution in [0, 0.1) is 13.8 Å². The van der Waals surface area contributed by atoms with Crippen molar-refractivity contribution < 1.29 is 0 Å². The molecule has 1 saturated heterocycles. The van der Waals surface area contributed by atoms with Gasteiger partial charge in [0.1, 0.15) is 0 Å². The van der Waals surface area contributed by atoms with Crippen molar-refractivity contribution in [3.63, 3.8) is 0 Å². The smallest absolute Gasteiger partial charge is 0.170 e. The molecule has 3 aromatic rings. The van der Waals surface area contributed by atoms with Gasteiger partial charge in [-0.2, -0.15) is 0 Å². The van der Waals surface area contributed by atoms with Gasteiger partial charge in [-0.15, -0.1) is 0 Å². The Labute approximate surface area is 158 Å². The van der Waals surface area contributed by atoms with Gasteiger partial charge < -0.3 is 15.2 Å². The highest BCUT2D eigenvalue weighted by molar-refractivity contribution is 7.80. The number of H-pyrrole nitrogens is 1. The van der Waals surface area contributed by atoms with E-state index in [-0.39, 0.29) is 12.1 Å². The molecule has 2 atom stereocenters. The molecule has 1 aliphatic heterocycles. The van der Waals surface area contributed by atoms with E-state index in [0.29, 0.717) is 6.54 Å². The molecule has 0 saturated carbocycles. The van der Waals surface area contributed by atoms with Crippen LogP contribution in [0.3, 0.4) is 0 Å². The predicted octanol–water partition coefficient (Wildman–Crippen LogP) is 3.59. The molecule has 1 aliphatic rings. The zero-order chi connectivity index (χ0) is 18.1. The maximum atomic E-state index is 5.69. The van der Waals surface area contributed by atoms with E-state index in [4.69, 9.17) is 12.2 Å². The van der Waals surface area contributed by atoms with E-state index in [1.54, 1.807) is 0 Å². The van der Waals surface area contributed by atoms with Crippen LogP contribution in [0.25, 0.3) is 0 Å². The normalized spacial score (nSPS) is 19.6. The fourth-order valence-corrected chi connectivity index (χ4v) is 3.94. The Bertz CT molecular complexity index is 906. The number of aryl methyl sites for hydroxylation is 2. The minimum absolute atomic E-state index is 0.00122. The number of hydrogen-bond acceptors (Lipinski definition) is 3. The number of nitrogens with one attached hydrogen (secondary N) is 2. The van der Waals surface area contributed by atoms with Crippen LogP contribution in [0.1, 0.15) is 40.4 Å². The first kappa shape index (κ1) is 16.7. The van der Waals surface area contributed by atoms with Crippen LogP contribution in [0.2, 0.25) is 0 Å². The van der Waals surface area contributed by atoms with Crippen molar-refractivity contribution in [3.8, 4) is 0 Å². The van der Waals surface area contributed by atoms with Crippen molar-refractivity contribution in [3.05, 3.63) is 83.2 Å². The summed E-state index contributed by atoms with van der Waals surface area (Å²) in [4.78, 5) is 14.7. The minimum atomic E-state index is 0.00122. The molecular formula is C20H21N5S. The summed E-state index contributed by atoms with van der Waals surface area (Å²) in [5, 5.41) is 4.21. The van der Waals surface area contributed by atoms with Gasteiger partial charge in [-0.3, -0.25) is 9.97 Å². The van der Waals surface area contributed by atoms with Gasteiger partial charge in [0.25, 0.3) is 0 Å². The zero-order valence-electron chi connectivity index (χ0n) is 14.8. The summed E-state index contributed by atoms with van der Waals surface area (Å²) in [5.74, 6) is 0. The molecule has 0 radical (unpaired) electrons. The molecule has 2 unspecified atom stereocenters. The van der Waals surface area contributed by atoms with Crippen LogP contribution in [-0.4, -0.2) is 25.0 Å². The van der Waals surface area contributed by atoms with Gasteiger partial charge in [-0.25, -0.2) is 0 Å². The van der Waals surface area contributed by atoms with E-state index in [1.807, 2.05) is 48.8 Å². The molecule has 2 N–H and O–H groups in total. The molecule has 4 rings (SSSR count). The van der Waals surface area contributed by atoms with E-state index in [9.17, 15) is 0 Å². The lowest BCUT2D eigenvalue weighted by Crippen LogP contribution is -2.29. The lowest BCUT2D eigenvalue weighted by Gasteiger charge is -2.27. The first-order valence-electron chi connectivity index (χ1n) is 8.67. The van der Waals surface area contributed by atoms with Crippen molar-refractivity contribution in [2.75, 3.05) is 0 Å². The van der Waals surface area contributed by atoms with Crippen molar-refractivity contribution in [2.24, 2.45) is 0 Å². The molecule has 1 fully saturated rings. The minimum Gasteiger partial charge on any atom is -0.362 e. The number of thiocarbonyl (C=S) groups is 1. The number of aromatic nitrogens is 3. The molecule has 5 nitrogen and oxygen atoms in total. The molecule has 6 heteroatoms. The summed E-state index contributed by atoms with van der Waals surface area (Å²) in [5.41, 5.74) is 5.52. The van der Waals surface area contributed by atoms with Gasteiger partial charge >= 0.3 is 0 Å². The molecular weight excluding hydrogens is 342 g/mol. The van der Waals surface area contributed by atoms with Gasteiger partial charge in [0, 0.05) is 23.8 Å². The summed E-state index contributed by atoms with van der Waals surface area (Å²) in [6.45, 7) is 4.85. The lowest BCUT2D eigenvalue weighted by molar-refractivity contribution is 0.307. The van der Waals surface area contributed by atoms with Crippen molar-refractivity contribution in [1.82, 2.24) is 25.2 Å². The quantitative estimate of drug-likeness (QED) is 0.694.